The van der Waals surface area contributed by atoms with E-state index in [0.717, 1.165) is 15.6 Å². The van der Waals surface area contributed by atoms with Crippen LogP contribution >= 0.6 is 23.4 Å². The molecule has 0 aliphatic heterocycles. The van der Waals surface area contributed by atoms with Gasteiger partial charge < -0.3 is 5.32 Å². The first kappa shape index (κ1) is 24.0. The van der Waals surface area contributed by atoms with Gasteiger partial charge in [-0.1, -0.05) is 43.0 Å². The molecule has 0 aromatic heterocycles. The lowest BCUT2D eigenvalue weighted by atomic mass is 10.0. The van der Waals surface area contributed by atoms with Gasteiger partial charge in [-0.05, 0) is 61.7 Å². The molecule has 31 heavy (non-hydrogen) atoms. The Balaban J connectivity index is 1.68. The van der Waals surface area contributed by atoms with Gasteiger partial charge in [-0.25, -0.2) is 8.42 Å². The van der Waals surface area contributed by atoms with E-state index in [-0.39, 0.29) is 17.3 Å². The molecule has 2 aromatic carbocycles. The summed E-state index contributed by atoms with van der Waals surface area (Å²) in [7, 11) is -3.92. The first-order valence-corrected chi connectivity index (χ1v) is 13.5. The third-order valence-corrected chi connectivity index (χ3v) is 8.73. The molecule has 1 N–H and O–H groups in total. The summed E-state index contributed by atoms with van der Waals surface area (Å²) in [6.07, 6.45) is 6.40. The average molecular weight is 481 g/mol. The fourth-order valence-corrected chi connectivity index (χ4v) is 6.42. The highest BCUT2D eigenvalue weighted by atomic mass is 35.5. The Hall–Kier alpha value is -1.70. The second-order valence-corrected chi connectivity index (χ2v) is 11.5. The molecule has 0 unspecified atom stereocenters. The number of hydrogen-bond donors (Lipinski definition) is 1. The largest absolute Gasteiger partial charge is 0.354 e. The normalized spacial score (nSPS) is 14.9. The van der Waals surface area contributed by atoms with Crippen LogP contribution in [-0.2, 0) is 14.8 Å². The molecule has 0 atom stereocenters. The molecule has 8 heteroatoms. The van der Waals surface area contributed by atoms with E-state index in [1.165, 1.54) is 56.4 Å². The van der Waals surface area contributed by atoms with E-state index in [1.807, 2.05) is 24.8 Å². The lowest BCUT2D eigenvalue weighted by Crippen LogP contribution is -2.41. The molecule has 0 heterocycles. The van der Waals surface area contributed by atoms with Crippen LogP contribution in [0.25, 0.3) is 0 Å². The number of benzene rings is 2. The molecule has 3 rings (SSSR count). The van der Waals surface area contributed by atoms with Gasteiger partial charge in [0.1, 0.15) is 6.54 Å². The van der Waals surface area contributed by atoms with E-state index in [9.17, 15) is 13.2 Å². The number of nitrogens with one attached hydrogen (secondary N) is 1. The smallest absolute Gasteiger partial charge is 0.264 e. The van der Waals surface area contributed by atoms with Crippen molar-refractivity contribution >= 4 is 45.0 Å². The molecule has 1 aliphatic carbocycles. The lowest BCUT2D eigenvalue weighted by Gasteiger charge is -2.25. The van der Waals surface area contributed by atoms with Gasteiger partial charge in [0, 0.05) is 22.6 Å². The average Bonchev–Trinajstić information content (AvgIpc) is 2.76. The standard InChI is InChI=1S/C23H29ClN2O3S2/c1-18-6-5-7-20(16-18)26(31(28,29)22-12-10-19(24)11-13-22)17-23(27)25-14-15-30-21-8-3-2-4-9-21/h5-7,10-13,16,21H,2-4,8-9,14-15,17H2,1H3,(H,25,27). The van der Waals surface area contributed by atoms with Crippen LogP contribution in [-0.4, -0.2) is 38.4 Å². The van der Waals surface area contributed by atoms with Gasteiger partial charge in [0.15, 0.2) is 0 Å². The molecule has 1 saturated carbocycles. The van der Waals surface area contributed by atoms with Crippen LogP contribution in [0, 0.1) is 6.92 Å². The van der Waals surface area contributed by atoms with Crippen molar-refractivity contribution < 1.29 is 13.2 Å². The van der Waals surface area contributed by atoms with Crippen LogP contribution in [0.15, 0.2) is 53.4 Å². The van der Waals surface area contributed by atoms with E-state index in [4.69, 9.17) is 11.6 Å². The van der Waals surface area contributed by atoms with Gasteiger partial charge in [0.2, 0.25) is 5.91 Å². The molecule has 5 nitrogen and oxygen atoms in total. The van der Waals surface area contributed by atoms with Gasteiger partial charge in [-0.15, -0.1) is 0 Å². The summed E-state index contributed by atoms with van der Waals surface area (Å²) in [6, 6.07) is 13.1. The summed E-state index contributed by atoms with van der Waals surface area (Å²) in [5, 5.41) is 4.02. The van der Waals surface area contributed by atoms with E-state index in [0.29, 0.717) is 22.5 Å². The molecule has 0 bridgehead atoms. The Morgan fingerprint density at radius 3 is 2.52 bits per heavy atom. The van der Waals surface area contributed by atoms with Crippen molar-refractivity contribution in [1.29, 1.82) is 0 Å². The quantitative estimate of drug-likeness (QED) is 0.511. The van der Waals surface area contributed by atoms with Gasteiger partial charge in [0.05, 0.1) is 10.6 Å². The lowest BCUT2D eigenvalue weighted by molar-refractivity contribution is -0.119. The number of thioether (sulfide) groups is 1. The number of aryl methyl sites for hydroxylation is 1. The van der Waals surface area contributed by atoms with Gasteiger partial charge in [-0.2, -0.15) is 11.8 Å². The summed E-state index contributed by atoms with van der Waals surface area (Å²) < 4.78 is 27.8. The molecule has 1 aliphatic rings. The summed E-state index contributed by atoms with van der Waals surface area (Å²) >= 11 is 7.82. The van der Waals surface area contributed by atoms with Crippen LogP contribution < -0.4 is 9.62 Å². The number of nitrogens with zero attached hydrogens (tertiary/aromatic N) is 1. The monoisotopic (exact) mass is 480 g/mol. The zero-order valence-electron chi connectivity index (χ0n) is 17.7. The van der Waals surface area contributed by atoms with E-state index < -0.39 is 10.0 Å². The Bertz CT molecular complexity index is 975. The topological polar surface area (TPSA) is 66.5 Å². The molecule has 168 valence electrons. The predicted molar refractivity (Wildman–Crippen MR) is 130 cm³/mol. The molecule has 0 radical (unpaired) electrons. The van der Waals surface area contributed by atoms with Crippen LogP contribution in [0.2, 0.25) is 5.02 Å². The van der Waals surface area contributed by atoms with Gasteiger partial charge in [0.25, 0.3) is 10.0 Å². The fourth-order valence-electron chi connectivity index (χ4n) is 3.67. The zero-order chi connectivity index (χ0) is 22.3. The number of amides is 1. The molecule has 1 amide bonds. The Labute approximate surface area is 194 Å². The van der Waals surface area contributed by atoms with E-state index in [1.54, 1.807) is 18.2 Å². The molecule has 1 fully saturated rings. The number of carbonyl (C=O) groups is 1. The Kier molecular flexibility index (Phi) is 8.69. The van der Waals surface area contributed by atoms with Crippen molar-refractivity contribution in [2.24, 2.45) is 0 Å². The molecule has 0 saturated heterocycles. The van der Waals surface area contributed by atoms with Crippen LogP contribution in [0.1, 0.15) is 37.7 Å². The maximum atomic E-state index is 13.3. The summed E-state index contributed by atoms with van der Waals surface area (Å²) in [6.45, 7) is 2.14. The second-order valence-electron chi connectivity index (χ2n) is 7.79. The minimum Gasteiger partial charge on any atom is -0.354 e. The second kappa shape index (κ2) is 11.2. The van der Waals surface area contributed by atoms with Crippen LogP contribution in [0.3, 0.4) is 0 Å². The Morgan fingerprint density at radius 2 is 1.84 bits per heavy atom. The molecular weight excluding hydrogens is 452 g/mol. The number of sulfonamides is 1. The third kappa shape index (κ3) is 6.89. The Morgan fingerprint density at radius 1 is 1.13 bits per heavy atom. The van der Waals surface area contributed by atoms with E-state index >= 15 is 0 Å². The van der Waals surface area contributed by atoms with Crippen LogP contribution in [0.4, 0.5) is 5.69 Å². The highest BCUT2D eigenvalue weighted by Crippen LogP contribution is 2.28. The predicted octanol–water partition coefficient (Wildman–Crippen LogP) is 5.03. The fraction of sp³-hybridized carbons (Fsp3) is 0.435. The minimum absolute atomic E-state index is 0.0964. The number of anilines is 1. The first-order valence-electron chi connectivity index (χ1n) is 10.6. The highest BCUT2D eigenvalue weighted by Gasteiger charge is 2.27. The number of halogens is 1. The minimum atomic E-state index is -3.92. The van der Waals surface area contributed by atoms with Crippen molar-refractivity contribution in [2.45, 2.75) is 49.2 Å². The number of rotatable bonds is 9. The molecular formula is C23H29ClN2O3S2. The molecule has 2 aromatic rings. The van der Waals surface area contributed by atoms with Crippen molar-refractivity contribution in [3.63, 3.8) is 0 Å². The SMILES string of the molecule is Cc1cccc(N(CC(=O)NCCSC2CCCCC2)S(=O)(=O)c2ccc(Cl)cc2)c1. The van der Waals surface area contributed by atoms with E-state index in [2.05, 4.69) is 5.32 Å². The first-order chi connectivity index (χ1) is 14.9. The summed E-state index contributed by atoms with van der Waals surface area (Å²) in [4.78, 5) is 12.7. The summed E-state index contributed by atoms with van der Waals surface area (Å²) in [5.41, 5.74) is 1.37. The van der Waals surface area contributed by atoms with Crippen molar-refractivity contribution in [2.75, 3.05) is 23.1 Å². The van der Waals surface area contributed by atoms with Crippen molar-refractivity contribution in [3.05, 3.63) is 59.1 Å². The summed E-state index contributed by atoms with van der Waals surface area (Å²) in [5.74, 6) is 0.522. The highest BCUT2D eigenvalue weighted by molar-refractivity contribution is 7.99. The maximum absolute atomic E-state index is 13.3. The molecule has 0 spiro atoms. The van der Waals surface area contributed by atoms with Gasteiger partial charge in [-0.3, -0.25) is 9.10 Å². The maximum Gasteiger partial charge on any atom is 0.264 e. The number of carbonyl (C=O) groups excluding carboxylic acids is 1. The number of hydrogen-bond acceptors (Lipinski definition) is 4. The third-order valence-electron chi connectivity index (χ3n) is 5.31. The van der Waals surface area contributed by atoms with Gasteiger partial charge >= 0.3 is 0 Å². The van der Waals surface area contributed by atoms with Crippen LogP contribution in [0.5, 0.6) is 0 Å². The van der Waals surface area contributed by atoms with Crippen molar-refractivity contribution in [1.82, 2.24) is 5.32 Å². The van der Waals surface area contributed by atoms with Crippen molar-refractivity contribution in [3.8, 4) is 0 Å². The zero-order valence-corrected chi connectivity index (χ0v) is 20.1.